The lowest BCUT2D eigenvalue weighted by Crippen LogP contribution is -2.38. The molecule has 1 unspecified atom stereocenters. The van der Waals surface area contributed by atoms with Crippen molar-refractivity contribution in [3.05, 3.63) is 24.3 Å². The Morgan fingerprint density at radius 3 is 3.14 bits per heavy atom. The van der Waals surface area contributed by atoms with Gasteiger partial charge < -0.3 is 20.3 Å². The Labute approximate surface area is 125 Å². The summed E-state index contributed by atoms with van der Waals surface area (Å²) in [5.74, 6) is 3.69. The lowest BCUT2D eigenvalue weighted by atomic mass is 10.1. The number of terminal acetylenes is 1. The van der Waals surface area contributed by atoms with Crippen LogP contribution in [0.2, 0.25) is 0 Å². The Morgan fingerprint density at radius 1 is 1.52 bits per heavy atom. The predicted octanol–water partition coefficient (Wildman–Crippen LogP) is 1.45. The lowest BCUT2D eigenvalue weighted by Gasteiger charge is -2.19. The van der Waals surface area contributed by atoms with Crippen molar-refractivity contribution in [2.45, 2.75) is 6.42 Å². The number of benzene rings is 1. The number of anilines is 1. The van der Waals surface area contributed by atoms with Gasteiger partial charge in [-0.15, -0.1) is 6.42 Å². The van der Waals surface area contributed by atoms with E-state index in [0.29, 0.717) is 12.5 Å². The van der Waals surface area contributed by atoms with Gasteiger partial charge in [0.15, 0.2) is 0 Å². The summed E-state index contributed by atoms with van der Waals surface area (Å²) < 4.78 is 5.25. The molecule has 1 fully saturated rings. The molecule has 1 aliphatic heterocycles. The van der Waals surface area contributed by atoms with Gasteiger partial charge >= 0.3 is 6.03 Å². The van der Waals surface area contributed by atoms with Crippen molar-refractivity contribution in [1.29, 1.82) is 0 Å². The van der Waals surface area contributed by atoms with Gasteiger partial charge in [0, 0.05) is 31.4 Å². The molecular formula is C16H21N3O2. The van der Waals surface area contributed by atoms with Crippen LogP contribution in [0, 0.1) is 18.3 Å². The van der Waals surface area contributed by atoms with Crippen molar-refractivity contribution in [3.63, 3.8) is 0 Å². The van der Waals surface area contributed by atoms with Crippen molar-refractivity contribution >= 4 is 11.7 Å². The van der Waals surface area contributed by atoms with Crippen LogP contribution in [0.1, 0.15) is 6.42 Å². The minimum atomic E-state index is -0.201. The Kier molecular flexibility index (Phi) is 5.33. The maximum Gasteiger partial charge on any atom is 0.315 e. The van der Waals surface area contributed by atoms with Crippen LogP contribution in [0.5, 0.6) is 5.75 Å². The van der Waals surface area contributed by atoms with Crippen LogP contribution in [0.15, 0.2) is 24.3 Å². The highest BCUT2D eigenvalue weighted by atomic mass is 16.5. The normalized spacial score (nSPS) is 17.1. The second kappa shape index (κ2) is 7.44. The zero-order valence-corrected chi connectivity index (χ0v) is 12.3. The topological polar surface area (TPSA) is 53.6 Å². The number of ether oxygens (including phenoxy) is 1. The summed E-state index contributed by atoms with van der Waals surface area (Å²) in [6.07, 6.45) is 6.15. The van der Waals surface area contributed by atoms with Crippen LogP contribution < -0.4 is 20.3 Å². The summed E-state index contributed by atoms with van der Waals surface area (Å²) >= 11 is 0. The molecule has 0 saturated carbocycles. The zero-order valence-electron chi connectivity index (χ0n) is 12.3. The van der Waals surface area contributed by atoms with Crippen molar-refractivity contribution in [3.8, 4) is 18.1 Å². The van der Waals surface area contributed by atoms with Crippen LogP contribution in [-0.4, -0.2) is 39.3 Å². The second-order valence-electron chi connectivity index (χ2n) is 5.07. The summed E-state index contributed by atoms with van der Waals surface area (Å²) in [7, 11) is 1.67. The lowest BCUT2D eigenvalue weighted by molar-refractivity contribution is 0.240. The number of nitrogens with one attached hydrogen (secondary N) is 2. The molecule has 0 spiro atoms. The molecule has 0 aromatic heterocycles. The van der Waals surface area contributed by atoms with Crippen LogP contribution in [-0.2, 0) is 0 Å². The summed E-state index contributed by atoms with van der Waals surface area (Å²) in [6.45, 7) is 2.84. The van der Waals surface area contributed by atoms with E-state index in [-0.39, 0.29) is 12.6 Å². The third-order valence-electron chi connectivity index (χ3n) is 3.61. The predicted molar refractivity (Wildman–Crippen MR) is 83.5 cm³/mol. The number of rotatable bonds is 5. The van der Waals surface area contributed by atoms with Gasteiger partial charge in [-0.25, -0.2) is 4.79 Å². The molecular weight excluding hydrogens is 266 g/mol. The van der Waals surface area contributed by atoms with Gasteiger partial charge in [-0.3, -0.25) is 0 Å². The summed E-state index contributed by atoms with van der Waals surface area (Å²) in [5, 5.41) is 5.45. The van der Waals surface area contributed by atoms with Gasteiger partial charge in [-0.1, -0.05) is 12.0 Å². The van der Waals surface area contributed by atoms with E-state index in [1.54, 1.807) is 7.11 Å². The molecule has 5 heteroatoms. The smallest absolute Gasteiger partial charge is 0.315 e. The highest BCUT2D eigenvalue weighted by molar-refractivity contribution is 5.74. The fraction of sp³-hybridized carbons (Fsp3) is 0.438. The minimum Gasteiger partial charge on any atom is -0.497 e. The van der Waals surface area contributed by atoms with E-state index in [4.69, 9.17) is 11.2 Å². The molecule has 21 heavy (non-hydrogen) atoms. The van der Waals surface area contributed by atoms with Crippen LogP contribution >= 0.6 is 0 Å². The highest BCUT2D eigenvalue weighted by Crippen LogP contribution is 2.26. The van der Waals surface area contributed by atoms with E-state index in [0.717, 1.165) is 30.9 Å². The molecule has 1 aliphatic rings. The van der Waals surface area contributed by atoms with Gasteiger partial charge in [0.2, 0.25) is 0 Å². The molecule has 1 atom stereocenters. The first-order valence-electron chi connectivity index (χ1n) is 7.07. The number of urea groups is 1. The monoisotopic (exact) mass is 287 g/mol. The summed E-state index contributed by atoms with van der Waals surface area (Å²) in [6, 6.07) is 7.85. The van der Waals surface area contributed by atoms with E-state index < -0.39 is 0 Å². The van der Waals surface area contributed by atoms with Gasteiger partial charge in [-0.05, 0) is 24.5 Å². The number of amides is 2. The van der Waals surface area contributed by atoms with Gasteiger partial charge in [0.1, 0.15) is 5.75 Å². The number of hydrogen-bond donors (Lipinski definition) is 2. The Bertz CT molecular complexity index is 524. The summed E-state index contributed by atoms with van der Waals surface area (Å²) in [4.78, 5) is 13.8. The summed E-state index contributed by atoms with van der Waals surface area (Å²) in [5.41, 5.74) is 1.16. The number of carbonyl (C=O) groups is 1. The molecule has 0 aliphatic carbocycles. The molecule has 5 nitrogen and oxygen atoms in total. The van der Waals surface area contributed by atoms with Crippen LogP contribution in [0.4, 0.5) is 10.5 Å². The maximum absolute atomic E-state index is 11.4. The average Bonchev–Trinajstić information content (AvgIpc) is 3.00. The molecule has 1 aromatic rings. The van der Waals surface area contributed by atoms with E-state index in [1.165, 1.54) is 0 Å². The molecule has 1 aromatic carbocycles. The zero-order chi connectivity index (χ0) is 15.1. The van der Waals surface area contributed by atoms with Crippen molar-refractivity contribution in [2.24, 2.45) is 5.92 Å². The fourth-order valence-electron chi connectivity index (χ4n) is 2.47. The van der Waals surface area contributed by atoms with E-state index >= 15 is 0 Å². The highest BCUT2D eigenvalue weighted by Gasteiger charge is 2.23. The van der Waals surface area contributed by atoms with E-state index in [1.807, 2.05) is 18.2 Å². The van der Waals surface area contributed by atoms with Crippen LogP contribution in [0.25, 0.3) is 0 Å². The Hall–Kier alpha value is -2.35. The molecule has 2 N–H and O–H groups in total. The standard InChI is InChI=1S/C16H21N3O2/c1-3-8-17-16(20)18-11-13-7-9-19(12-13)14-5-4-6-15(10-14)21-2/h1,4-6,10,13H,7-9,11-12H2,2H3,(H2,17,18,20). The Morgan fingerprint density at radius 2 is 2.38 bits per heavy atom. The van der Waals surface area contributed by atoms with Gasteiger partial charge in [-0.2, -0.15) is 0 Å². The van der Waals surface area contributed by atoms with Crippen molar-refractivity contribution < 1.29 is 9.53 Å². The molecule has 1 saturated heterocycles. The molecule has 0 bridgehead atoms. The quantitative estimate of drug-likeness (QED) is 0.806. The third-order valence-corrected chi connectivity index (χ3v) is 3.61. The Balaban J connectivity index is 1.80. The fourth-order valence-corrected chi connectivity index (χ4v) is 2.47. The minimum absolute atomic E-state index is 0.201. The first-order chi connectivity index (χ1) is 10.2. The SMILES string of the molecule is C#CCNC(=O)NCC1CCN(c2cccc(OC)c2)C1. The molecule has 2 amide bonds. The second-order valence-corrected chi connectivity index (χ2v) is 5.07. The van der Waals surface area contributed by atoms with E-state index in [9.17, 15) is 4.79 Å². The van der Waals surface area contributed by atoms with Crippen LogP contribution in [0.3, 0.4) is 0 Å². The van der Waals surface area contributed by atoms with Gasteiger partial charge in [0.05, 0.1) is 13.7 Å². The average molecular weight is 287 g/mol. The molecule has 2 rings (SSSR count). The largest absolute Gasteiger partial charge is 0.497 e. The van der Waals surface area contributed by atoms with Crippen molar-refractivity contribution in [1.82, 2.24) is 10.6 Å². The maximum atomic E-state index is 11.4. The number of hydrogen-bond acceptors (Lipinski definition) is 3. The van der Waals surface area contributed by atoms with Gasteiger partial charge in [0.25, 0.3) is 0 Å². The molecule has 1 heterocycles. The molecule has 112 valence electrons. The first-order valence-corrected chi connectivity index (χ1v) is 7.07. The number of methoxy groups -OCH3 is 1. The molecule has 0 radical (unpaired) electrons. The van der Waals surface area contributed by atoms with E-state index in [2.05, 4.69) is 27.5 Å². The van der Waals surface area contributed by atoms with Crippen molar-refractivity contribution in [2.75, 3.05) is 38.2 Å². The number of nitrogens with zero attached hydrogens (tertiary/aromatic N) is 1. The third kappa shape index (κ3) is 4.32. The number of carbonyl (C=O) groups excluding carboxylic acids is 1. The first kappa shape index (κ1) is 15.0.